The Morgan fingerprint density at radius 3 is 2.70 bits per heavy atom. The average Bonchev–Trinajstić information content (AvgIpc) is 2.99. The lowest BCUT2D eigenvalue weighted by molar-refractivity contribution is 0.0938. The number of nitrogens with one attached hydrogen (secondary N) is 2. The largest absolute Gasteiger partial charge is 0.491 e. The third kappa shape index (κ3) is 3.59. The van der Waals surface area contributed by atoms with Gasteiger partial charge in [0.15, 0.2) is 11.2 Å². The molecular formula is C18H23N5O4. The number of H-pyrrole nitrogens is 1. The van der Waals surface area contributed by atoms with Gasteiger partial charge in [-0.25, -0.2) is 4.79 Å². The van der Waals surface area contributed by atoms with Gasteiger partial charge in [0.05, 0.1) is 6.54 Å². The van der Waals surface area contributed by atoms with E-state index >= 15 is 0 Å². The number of anilines is 1. The summed E-state index contributed by atoms with van der Waals surface area (Å²) in [6, 6.07) is 5.72. The lowest BCUT2D eigenvalue weighted by atomic mass is 10.1. The fourth-order valence-corrected chi connectivity index (χ4v) is 2.86. The van der Waals surface area contributed by atoms with Crippen molar-refractivity contribution in [2.45, 2.75) is 26.5 Å². The van der Waals surface area contributed by atoms with Crippen molar-refractivity contribution in [2.75, 3.05) is 19.0 Å². The van der Waals surface area contributed by atoms with Crippen molar-refractivity contribution in [3.8, 4) is 5.75 Å². The van der Waals surface area contributed by atoms with Crippen LogP contribution in [0.25, 0.3) is 11.2 Å². The topological polar surface area (TPSA) is 114 Å². The monoisotopic (exact) mass is 373 g/mol. The van der Waals surface area contributed by atoms with Crippen LogP contribution in [-0.4, -0.2) is 44.0 Å². The van der Waals surface area contributed by atoms with Gasteiger partial charge in [0.25, 0.3) is 5.56 Å². The second kappa shape index (κ2) is 7.28. The number of aryl methyl sites for hydroxylation is 3. The molecule has 0 amide bonds. The van der Waals surface area contributed by atoms with Crippen molar-refractivity contribution in [3.05, 3.63) is 50.2 Å². The highest BCUT2D eigenvalue weighted by Crippen LogP contribution is 2.18. The molecule has 0 aliphatic rings. The van der Waals surface area contributed by atoms with Crippen molar-refractivity contribution >= 4 is 17.1 Å². The van der Waals surface area contributed by atoms with E-state index in [0.717, 1.165) is 11.1 Å². The molecule has 0 saturated heterocycles. The summed E-state index contributed by atoms with van der Waals surface area (Å²) in [6.07, 6.45) is -0.882. The summed E-state index contributed by atoms with van der Waals surface area (Å²) in [4.78, 5) is 30.6. The van der Waals surface area contributed by atoms with Gasteiger partial charge in [-0.05, 0) is 37.1 Å². The Labute approximate surface area is 155 Å². The van der Waals surface area contributed by atoms with Crippen LogP contribution in [0.1, 0.15) is 11.1 Å². The van der Waals surface area contributed by atoms with Crippen LogP contribution in [0.4, 0.5) is 5.95 Å². The van der Waals surface area contributed by atoms with Gasteiger partial charge in [0.2, 0.25) is 5.95 Å². The maximum absolute atomic E-state index is 12.3. The quantitative estimate of drug-likeness (QED) is 0.580. The summed E-state index contributed by atoms with van der Waals surface area (Å²) in [7, 11) is 3.18. The Hall–Kier alpha value is -3.07. The van der Waals surface area contributed by atoms with E-state index < -0.39 is 17.4 Å². The van der Waals surface area contributed by atoms with E-state index in [1.165, 1.54) is 11.6 Å². The van der Waals surface area contributed by atoms with Crippen LogP contribution in [0.15, 0.2) is 27.8 Å². The maximum atomic E-state index is 12.3. The summed E-state index contributed by atoms with van der Waals surface area (Å²) >= 11 is 0. The van der Waals surface area contributed by atoms with E-state index in [-0.39, 0.29) is 24.3 Å². The number of hydrogen-bond donors (Lipinski definition) is 3. The zero-order chi connectivity index (χ0) is 19.7. The first-order chi connectivity index (χ1) is 12.8. The standard InChI is InChI=1S/C18H23N5O4/c1-10-5-6-13(7-11(10)2)27-9-12(24)8-23-14-15(20-17(23)19-3)22(4)18(26)21-16(14)25/h5-7,12,24H,8-9H2,1-4H3,(H,19,20)(H,21,25,26)/t12-/m0/s1. The Morgan fingerprint density at radius 2 is 2.04 bits per heavy atom. The average molecular weight is 373 g/mol. The van der Waals surface area contributed by atoms with Crippen LogP contribution in [0, 0.1) is 13.8 Å². The normalized spacial score (nSPS) is 12.3. The molecule has 1 aromatic carbocycles. The van der Waals surface area contributed by atoms with E-state index in [1.54, 1.807) is 11.6 Å². The molecule has 0 spiro atoms. The van der Waals surface area contributed by atoms with Gasteiger partial charge in [-0.15, -0.1) is 0 Å². The predicted octanol–water partition coefficient (Wildman–Crippen LogP) is 0.522. The van der Waals surface area contributed by atoms with Gasteiger partial charge in [-0.2, -0.15) is 4.98 Å². The number of benzene rings is 1. The van der Waals surface area contributed by atoms with Crippen LogP contribution >= 0.6 is 0 Å². The minimum Gasteiger partial charge on any atom is -0.491 e. The number of rotatable bonds is 6. The summed E-state index contributed by atoms with van der Waals surface area (Å²) in [5, 5.41) is 13.3. The lowest BCUT2D eigenvalue weighted by Crippen LogP contribution is -2.30. The molecule has 2 heterocycles. The maximum Gasteiger partial charge on any atom is 0.329 e. The SMILES string of the molecule is CNc1nc2c(c(=O)[nH]c(=O)n2C)n1C[C@H](O)COc1ccc(C)c(C)c1. The van der Waals surface area contributed by atoms with E-state index in [0.29, 0.717) is 11.7 Å². The number of nitrogens with zero attached hydrogens (tertiary/aromatic N) is 3. The van der Waals surface area contributed by atoms with Crippen LogP contribution in [0.2, 0.25) is 0 Å². The lowest BCUT2D eigenvalue weighted by Gasteiger charge is -2.15. The third-order valence-corrected chi connectivity index (χ3v) is 4.54. The molecule has 9 nitrogen and oxygen atoms in total. The van der Waals surface area contributed by atoms with Crippen molar-refractivity contribution in [3.63, 3.8) is 0 Å². The summed E-state index contributed by atoms with van der Waals surface area (Å²) < 4.78 is 8.47. The minimum atomic E-state index is -0.882. The van der Waals surface area contributed by atoms with Gasteiger partial charge >= 0.3 is 5.69 Å². The van der Waals surface area contributed by atoms with Gasteiger partial charge in [-0.3, -0.25) is 14.3 Å². The smallest absolute Gasteiger partial charge is 0.329 e. The first-order valence-corrected chi connectivity index (χ1v) is 8.57. The second-order valence-corrected chi connectivity index (χ2v) is 6.50. The number of fused-ring (bicyclic) bond motifs is 1. The molecular weight excluding hydrogens is 350 g/mol. The molecule has 1 atom stereocenters. The molecule has 0 aliphatic carbocycles. The predicted molar refractivity (Wildman–Crippen MR) is 103 cm³/mol. The Morgan fingerprint density at radius 1 is 1.30 bits per heavy atom. The summed E-state index contributed by atoms with van der Waals surface area (Å²) in [5.74, 6) is 1.05. The van der Waals surface area contributed by atoms with Crippen LogP contribution in [-0.2, 0) is 13.6 Å². The third-order valence-electron chi connectivity index (χ3n) is 4.54. The molecule has 27 heavy (non-hydrogen) atoms. The zero-order valence-corrected chi connectivity index (χ0v) is 15.7. The molecule has 3 N–H and O–H groups in total. The first kappa shape index (κ1) is 18.7. The molecule has 0 bridgehead atoms. The number of aromatic nitrogens is 4. The Bertz CT molecular complexity index is 1100. The molecule has 3 aromatic rings. The number of aromatic amines is 1. The number of imidazole rings is 1. The minimum absolute atomic E-state index is 0.0506. The molecule has 0 unspecified atom stereocenters. The first-order valence-electron chi connectivity index (χ1n) is 8.57. The zero-order valence-electron chi connectivity index (χ0n) is 15.7. The number of aliphatic hydroxyl groups excluding tert-OH is 1. The van der Waals surface area contributed by atoms with Gasteiger partial charge in [0, 0.05) is 14.1 Å². The highest BCUT2D eigenvalue weighted by Gasteiger charge is 2.19. The van der Waals surface area contributed by atoms with Crippen molar-refractivity contribution in [1.82, 2.24) is 19.1 Å². The highest BCUT2D eigenvalue weighted by atomic mass is 16.5. The van der Waals surface area contributed by atoms with Crippen LogP contribution in [0.3, 0.4) is 0 Å². The molecule has 2 aromatic heterocycles. The molecule has 9 heteroatoms. The van der Waals surface area contributed by atoms with E-state index in [2.05, 4.69) is 15.3 Å². The molecule has 0 saturated carbocycles. The van der Waals surface area contributed by atoms with E-state index in [4.69, 9.17) is 4.74 Å². The Balaban J connectivity index is 1.85. The van der Waals surface area contributed by atoms with Gasteiger partial charge in [-0.1, -0.05) is 6.07 Å². The fourth-order valence-electron chi connectivity index (χ4n) is 2.86. The molecule has 3 rings (SSSR count). The van der Waals surface area contributed by atoms with Gasteiger partial charge in [0.1, 0.15) is 18.5 Å². The molecule has 0 radical (unpaired) electrons. The van der Waals surface area contributed by atoms with Crippen LogP contribution in [0.5, 0.6) is 5.75 Å². The van der Waals surface area contributed by atoms with E-state index in [9.17, 15) is 14.7 Å². The van der Waals surface area contributed by atoms with Crippen molar-refractivity contribution in [1.29, 1.82) is 0 Å². The fraction of sp³-hybridized carbons (Fsp3) is 0.389. The van der Waals surface area contributed by atoms with Crippen molar-refractivity contribution < 1.29 is 9.84 Å². The second-order valence-electron chi connectivity index (χ2n) is 6.50. The summed E-state index contributed by atoms with van der Waals surface area (Å²) in [5.41, 5.74) is 1.63. The Kier molecular flexibility index (Phi) is 5.04. The summed E-state index contributed by atoms with van der Waals surface area (Å²) in [6.45, 7) is 4.14. The van der Waals surface area contributed by atoms with Crippen LogP contribution < -0.4 is 21.3 Å². The number of aliphatic hydroxyl groups is 1. The molecule has 0 fully saturated rings. The highest BCUT2D eigenvalue weighted by molar-refractivity contribution is 5.74. The molecule has 144 valence electrons. The number of ether oxygens (including phenoxy) is 1. The number of hydrogen-bond acceptors (Lipinski definition) is 6. The van der Waals surface area contributed by atoms with Gasteiger partial charge < -0.3 is 19.7 Å². The van der Waals surface area contributed by atoms with E-state index in [1.807, 2.05) is 32.0 Å². The molecule has 0 aliphatic heterocycles. The van der Waals surface area contributed by atoms with Crippen molar-refractivity contribution in [2.24, 2.45) is 7.05 Å².